The Morgan fingerprint density at radius 2 is 2.12 bits per heavy atom. The number of benzene rings is 1. The topological polar surface area (TPSA) is 52.3 Å². The molecule has 1 aromatic rings. The van der Waals surface area contributed by atoms with E-state index in [2.05, 4.69) is 4.74 Å². The van der Waals surface area contributed by atoms with E-state index in [9.17, 15) is 4.79 Å². The summed E-state index contributed by atoms with van der Waals surface area (Å²) in [5, 5.41) is 0. The summed E-state index contributed by atoms with van der Waals surface area (Å²) in [5.74, 6) is 0.244. The first kappa shape index (κ1) is 12.8. The van der Waals surface area contributed by atoms with Crippen molar-refractivity contribution in [1.29, 1.82) is 0 Å². The Morgan fingerprint density at radius 3 is 2.69 bits per heavy atom. The molecule has 3 nitrogen and oxygen atoms in total. The largest absolute Gasteiger partial charge is 0.469 e. The van der Waals surface area contributed by atoms with Crippen molar-refractivity contribution in [3.8, 4) is 0 Å². The van der Waals surface area contributed by atoms with Gasteiger partial charge in [0.2, 0.25) is 0 Å². The van der Waals surface area contributed by atoms with E-state index in [1.807, 2.05) is 36.4 Å². The predicted molar refractivity (Wildman–Crippen MR) is 67.7 cm³/mol. The van der Waals surface area contributed by atoms with Crippen LogP contribution in [0.3, 0.4) is 0 Å². The lowest BCUT2D eigenvalue weighted by Crippen LogP contribution is -1.98. The van der Waals surface area contributed by atoms with Gasteiger partial charge in [0.1, 0.15) is 0 Å². The highest BCUT2D eigenvalue weighted by Gasteiger charge is 2.03. The molecule has 2 N–H and O–H groups in total. The molecule has 0 spiro atoms. The van der Waals surface area contributed by atoms with Crippen molar-refractivity contribution in [3.05, 3.63) is 42.0 Å². The third-order valence-electron chi connectivity index (χ3n) is 1.98. The zero-order valence-corrected chi connectivity index (χ0v) is 10.00. The summed E-state index contributed by atoms with van der Waals surface area (Å²) < 4.78 is 4.59. The SMILES string of the molecule is COC(=O)C/C=C(\SCN)c1ccccc1. The van der Waals surface area contributed by atoms with Crippen molar-refractivity contribution in [2.24, 2.45) is 5.73 Å². The van der Waals surface area contributed by atoms with E-state index in [0.29, 0.717) is 5.88 Å². The second kappa shape index (κ2) is 7.09. The van der Waals surface area contributed by atoms with Gasteiger partial charge < -0.3 is 10.5 Å². The van der Waals surface area contributed by atoms with Crippen molar-refractivity contribution in [1.82, 2.24) is 0 Å². The number of nitrogens with two attached hydrogens (primary N) is 1. The number of methoxy groups -OCH3 is 1. The highest BCUT2D eigenvalue weighted by molar-refractivity contribution is 8.08. The molecule has 4 heteroatoms. The molecule has 0 bridgehead atoms. The molecule has 0 heterocycles. The molecule has 0 atom stereocenters. The predicted octanol–water partition coefficient (Wildman–Crippen LogP) is 2.24. The van der Waals surface area contributed by atoms with Crippen molar-refractivity contribution in [2.75, 3.05) is 13.0 Å². The van der Waals surface area contributed by atoms with Crippen LogP contribution >= 0.6 is 11.8 Å². The number of hydrogen-bond acceptors (Lipinski definition) is 4. The quantitative estimate of drug-likeness (QED) is 0.630. The molecule has 1 aromatic carbocycles. The first-order valence-electron chi connectivity index (χ1n) is 4.93. The molecule has 0 aliphatic rings. The van der Waals surface area contributed by atoms with Crippen LogP contribution in [-0.4, -0.2) is 19.0 Å². The maximum absolute atomic E-state index is 11.0. The van der Waals surface area contributed by atoms with E-state index in [1.165, 1.54) is 18.9 Å². The van der Waals surface area contributed by atoms with Gasteiger partial charge in [-0.15, -0.1) is 11.8 Å². The number of carbonyl (C=O) groups is 1. The van der Waals surface area contributed by atoms with Crippen LogP contribution in [0.4, 0.5) is 0 Å². The normalized spacial score (nSPS) is 11.2. The molecule has 0 unspecified atom stereocenters. The van der Waals surface area contributed by atoms with E-state index >= 15 is 0 Å². The zero-order chi connectivity index (χ0) is 11.8. The molecular formula is C12H15NO2S. The highest BCUT2D eigenvalue weighted by atomic mass is 32.2. The molecule has 0 aliphatic heterocycles. The first-order chi connectivity index (χ1) is 7.77. The monoisotopic (exact) mass is 237 g/mol. The summed E-state index contributed by atoms with van der Waals surface area (Å²) in [5.41, 5.74) is 6.58. The fourth-order valence-electron chi connectivity index (χ4n) is 1.21. The van der Waals surface area contributed by atoms with Gasteiger partial charge >= 0.3 is 5.97 Å². The van der Waals surface area contributed by atoms with Gasteiger partial charge in [-0.3, -0.25) is 4.79 Å². The molecule has 1 rings (SSSR count). The van der Waals surface area contributed by atoms with Crippen molar-refractivity contribution >= 4 is 22.6 Å². The van der Waals surface area contributed by atoms with Crippen LogP contribution in [0.5, 0.6) is 0 Å². The first-order valence-corrected chi connectivity index (χ1v) is 5.91. The average molecular weight is 237 g/mol. The van der Waals surface area contributed by atoms with Gasteiger partial charge in [0.25, 0.3) is 0 Å². The lowest BCUT2D eigenvalue weighted by atomic mass is 10.2. The van der Waals surface area contributed by atoms with E-state index in [0.717, 1.165) is 10.5 Å². The zero-order valence-electron chi connectivity index (χ0n) is 9.18. The fourth-order valence-corrected chi connectivity index (χ4v) is 1.90. The Kier molecular flexibility index (Phi) is 5.67. The Hall–Kier alpha value is -1.26. The van der Waals surface area contributed by atoms with E-state index in [-0.39, 0.29) is 12.4 Å². The summed E-state index contributed by atoms with van der Waals surface area (Å²) in [6, 6.07) is 9.85. The van der Waals surface area contributed by atoms with Crippen molar-refractivity contribution in [2.45, 2.75) is 6.42 Å². The molecule has 0 amide bonds. The molecule has 0 saturated heterocycles. The molecular weight excluding hydrogens is 222 g/mol. The number of ether oxygens (including phenoxy) is 1. The van der Waals surface area contributed by atoms with E-state index < -0.39 is 0 Å². The van der Waals surface area contributed by atoms with Crippen LogP contribution in [0, 0.1) is 0 Å². The molecule has 0 aromatic heterocycles. The number of carbonyl (C=O) groups excluding carboxylic acids is 1. The lowest BCUT2D eigenvalue weighted by molar-refractivity contribution is -0.139. The molecule has 0 radical (unpaired) electrons. The van der Waals surface area contributed by atoms with Gasteiger partial charge in [0.15, 0.2) is 0 Å². The summed E-state index contributed by atoms with van der Waals surface area (Å²) >= 11 is 1.51. The summed E-state index contributed by atoms with van der Waals surface area (Å²) in [7, 11) is 1.38. The summed E-state index contributed by atoms with van der Waals surface area (Å²) in [6.07, 6.45) is 2.12. The molecule has 0 saturated carbocycles. The third kappa shape index (κ3) is 4.08. The minimum Gasteiger partial charge on any atom is -0.469 e. The van der Waals surface area contributed by atoms with Crippen molar-refractivity contribution < 1.29 is 9.53 Å². The maximum atomic E-state index is 11.0. The highest BCUT2D eigenvalue weighted by Crippen LogP contribution is 2.26. The minimum atomic E-state index is -0.244. The van der Waals surface area contributed by atoms with Gasteiger partial charge in [0.05, 0.1) is 13.5 Å². The Labute approximate surface area is 99.7 Å². The van der Waals surface area contributed by atoms with Gasteiger partial charge in [-0.05, 0) is 5.56 Å². The van der Waals surface area contributed by atoms with Crippen LogP contribution in [0.2, 0.25) is 0 Å². The second-order valence-corrected chi connectivity index (χ2v) is 4.09. The molecule has 86 valence electrons. The number of hydrogen-bond donors (Lipinski definition) is 1. The van der Waals surface area contributed by atoms with E-state index in [4.69, 9.17) is 5.73 Å². The summed E-state index contributed by atoms with van der Waals surface area (Å²) in [4.78, 5) is 12.1. The second-order valence-electron chi connectivity index (χ2n) is 3.03. The van der Waals surface area contributed by atoms with Crippen LogP contribution in [0.15, 0.2) is 36.4 Å². The molecule has 0 aliphatic carbocycles. The smallest absolute Gasteiger partial charge is 0.309 e. The Balaban J connectivity index is 2.78. The van der Waals surface area contributed by atoms with Crippen molar-refractivity contribution in [3.63, 3.8) is 0 Å². The van der Waals surface area contributed by atoms with Gasteiger partial charge in [-0.25, -0.2) is 0 Å². The Morgan fingerprint density at radius 1 is 1.44 bits per heavy atom. The number of thioether (sulfide) groups is 1. The van der Waals surface area contributed by atoms with Crippen LogP contribution in [0.1, 0.15) is 12.0 Å². The van der Waals surface area contributed by atoms with Gasteiger partial charge in [-0.2, -0.15) is 0 Å². The standard InChI is InChI=1S/C12H15NO2S/c1-15-12(14)8-7-11(16-9-13)10-5-3-2-4-6-10/h2-7H,8-9,13H2,1H3/b11-7-. The van der Waals surface area contributed by atoms with Crippen LogP contribution < -0.4 is 5.73 Å². The van der Waals surface area contributed by atoms with Crippen LogP contribution in [-0.2, 0) is 9.53 Å². The molecule has 0 fully saturated rings. The Bertz CT molecular complexity index is 363. The molecule has 16 heavy (non-hydrogen) atoms. The number of rotatable bonds is 5. The fraction of sp³-hybridized carbons (Fsp3) is 0.250. The van der Waals surface area contributed by atoms with E-state index in [1.54, 1.807) is 0 Å². The minimum absolute atomic E-state index is 0.244. The van der Waals surface area contributed by atoms with Gasteiger partial charge in [0, 0.05) is 10.8 Å². The lowest BCUT2D eigenvalue weighted by Gasteiger charge is -2.05. The van der Waals surface area contributed by atoms with Crippen LogP contribution in [0.25, 0.3) is 4.91 Å². The maximum Gasteiger partial charge on any atom is 0.309 e. The summed E-state index contributed by atoms with van der Waals surface area (Å²) in [6.45, 7) is 0. The number of esters is 1. The third-order valence-corrected chi connectivity index (χ3v) is 2.86. The van der Waals surface area contributed by atoms with Gasteiger partial charge in [-0.1, -0.05) is 36.4 Å². The average Bonchev–Trinajstić information content (AvgIpc) is 2.35.